The molecule has 3 nitrogen and oxygen atoms in total. The van der Waals surface area contributed by atoms with Crippen LogP contribution in [-0.2, 0) is 9.53 Å². The van der Waals surface area contributed by atoms with Crippen LogP contribution in [0.1, 0.15) is 24.4 Å². The van der Waals surface area contributed by atoms with Gasteiger partial charge in [-0.25, -0.2) is 4.79 Å². The number of likely N-dealkylation sites (tertiary alicyclic amines) is 1. The summed E-state index contributed by atoms with van der Waals surface area (Å²) in [5, 5.41) is 0. The van der Waals surface area contributed by atoms with Crippen LogP contribution in [0.3, 0.4) is 0 Å². The Balaban J connectivity index is 2.29. The fourth-order valence-corrected chi connectivity index (χ4v) is 2.70. The zero-order valence-electron chi connectivity index (χ0n) is 9.86. The molecule has 1 heterocycles. The van der Waals surface area contributed by atoms with Crippen LogP contribution in [0.4, 0.5) is 0 Å². The molecule has 0 N–H and O–H groups in total. The zero-order valence-corrected chi connectivity index (χ0v) is 11.4. The third-order valence-electron chi connectivity index (χ3n) is 3.09. The number of nitrogens with zero attached hydrogens (tertiary/aromatic N) is 1. The van der Waals surface area contributed by atoms with Crippen LogP contribution in [-0.4, -0.2) is 31.1 Å². The van der Waals surface area contributed by atoms with Gasteiger partial charge in [0.2, 0.25) is 0 Å². The molecular formula is C13H16BrNO2. The van der Waals surface area contributed by atoms with Gasteiger partial charge in [-0.2, -0.15) is 0 Å². The molecule has 1 aromatic carbocycles. The maximum atomic E-state index is 11.9. The first-order valence-corrected chi connectivity index (χ1v) is 6.59. The molecule has 0 aromatic heterocycles. The van der Waals surface area contributed by atoms with Gasteiger partial charge in [-0.05, 0) is 43.6 Å². The first-order valence-electron chi connectivity index (χ1n) is 5.79. The van der Waals surface area contributed by atoms with Gasteiger partial charge >= 0.3 is 5.97 Å². The monoisotopic (exact) mass is 297 g/mol. The highest BCUT2D eigenvalue weighted by Gasteiger charge is 2.30. The number of benzene rings is 1. The molecule has 4 heteroatoms. The molecule has 0 saturated carbocycles. The highest BCUT2D eigenvalue weighted by atomic mass is 79.9. The van der Waals surface area contributed by atoms with Crippen molar-refractivity contribution in [1.29, 1.82) is 0 Å². The summed E-state index contributed by atoms with van der Waals surface area (Å²) in [4.78, 5) is 14.1. The smallest absolute Gasteiger partial charge is 0.327 e. The number of hydrogen-bond acceptors (Lipinski definition) is 3. The van der Waals surface area contributed by atoms with E-state index in [2.05, 4.69) is 20.8 Å². The van der Waals surface area contributed by atoms with Gasteiger partial charge in [0, 0.05) is 4.47 Å². The van der Waals surface area contributed by atoms with E-state index < -0.39 is 0 Å². The third kappa shape index (κ3) is 2.87. The van der Waals surface area contributed by atoms with Crippen molar-refractivity contribution in [2.75, 3.05) is 20.2 Å². The second-order valence-electron chi connectivity index (χ2n) is 4.22. The molecule has 92 valence electrons. The van der Waals surface area contributed by atoms with Crippen molar-refractivity contribution in [2.24, 2.45) is 0 Å². The molecule has 1 fully saturated rings. The van der Waals surface area contributed by atoms with Crippen molar-refractivity contribution in [2.45, 2.75) is 18.9 Å². The Kier molecular flexibility index (Phi) is 4.18. The Labute approximate surface area is 110 Å². The van der Waals surface area contributed by atoms with Crippen LogP contribution in [0.15, 0.2) is 28.7 Å². The lowest BCUT2D eigenvalue weighted by Gasteiger charge is -2.25. The number of ether oxygens (including phenoxy) is 1. The van der Waals surface area contributed by atoms with Gasteiger partial charge in [-0.1, -0.05) is 28.1 Å². The number of methoxy groups -OCH3 is 1. The molecule has 1 unspecified atom stereocenters. The third-order valence-corrected chi connectivity index (χ3v) is 3.59. The van der Waals surface area contributed by atoms with Gasteiger partial charge in [-0.3, -0.25) is 4.90 Å². The van der Waals surface area contributed by atoms with Crippen LogP contribution in [0.2, 0.25) is 0 Å². The molecule has 2 rings (SSSR count). The van der Waals surface area contributed by atoms with Gasteiger partial charge in [0.15, 0.2) is 0 Å². The number of carbonyl (C=O) groups excluding carboxylic acids is 1. The lowest BCUT2D eigenvalue weighted by molar-refractivity contribution is -0.146. The van der Waals surface area contributed by atoms with Gasteiger partial charge in [0.05, 0.1) is 7.11 Å². The molecule has 1 atom stereocenters. The number of rotatable bonds is 3. The van der Waals surface area contributed by atoms with Crippen molar-refractivity contribution >= 4 is 21.9 Å². The maximum Gasteiger partial charge on any atom is 0.327 e. The van der Waals surface area contributed by atoms with Crippen molar-refractivity contribution in [3.63, 3.8) is 0 Å². The minimum absolute atomic E-state index is 0.176. The van der Waals surface area contributed by atoms with Crippen LogP contribution in [0, 0.1) is 0 Å². The summed E-state index contributed by atoms with van der Waals surface area (Å²) < 4.78 is 5.91. The van der Waals surface area contributed by atoms with E-state index in [9.17, 15) is 4.79 Å². The predicted molar refractivity (Wildman–Crippen MR) is 69.7 cm³/mol. The van der Waals surface area contributed by atoms with Gasteiger partial charge < -0.3 is 4.74 Å². The van der Waals surface area contributed by atoms with E-state index in [1.54, 1.807) is 0 Å². The Bertz CT molecular complexity index is 402. The number of carbonyl (C=O) groups is 1. The summed E-state index contributed by atoms with van der Waals surface area (Å²) in [7, 11) is 1.45. The summed E-state index contributed by atoms with van der Waals surface area (Å²) in [6.07, 6.45) is 2.31. The minimum Gasteiger partial charge on any atom is -0.468 e. The Hall–Kier alpha value is -0.870. The summed E-state index contributed by atoms with van der Waals surface area (Å²) >= 11 is 3.44. The van der Waals surface area contributed by atoms with E-state index in [0.717, 1.165) is 36.0 Å². The van der Waals surface area contributed by atoms with Gasteiger partial charge in [-0.15, -0.1) is 0 Å². The zero-order chi connectivity index (χ0) is 12.3. The summed E-state index contributed by atoms with van der Waals surface area (Å²) in [5.41, 5.74) is 0.994. The maximum absolute atomic E-state index is 11.9. The number of hydrogen-bond donors (Lipinski definition) is 0. The molecule has 0 aliphatic carbocycles. The van der Waals surface area contributed by atoms with E-state index in [1.807, 2.05) is 24.3 Å². The van der Waals surface area contributed by atoms with Gasteiger partial charge in [0.25, 0.3) is 0 Å². The lowest BCUT2D eigenvalue weighted by Crippen LogP contribution is -2.32. The van der Waals surface area contributed by atoms with Crippen molar-refractivity contribution in [1.82, 2.24) is 4.90 Å². The molecule has 0 amide bonds. The minimum atomic E-state index is -0.264. The molecule has 0 spiro atoms. The largest absolute Gasteiger partial charge is 0.468 e. The molecule has 0 radical (unpaired) electrons. The molecule has 1 aromatic rings. The SMILES string of the molecule is COC(=O)C(c1cccc(Br)c1)N1CCCC1. The van der Waals surface area contributed by atoms with Crippen molar-refractivity contribution < 1.29 is 9.53 Å². The fraction of sp³-hybridized carbons (Fsp3) is 0.462. The summed E-state index contributed by atoms with van der Waals surface area (Å²) in [6.45, 7) is 1.93. The van der Waals surface area contributed by atoms with Crippen LogP contribution < -0.4 is 0 Å². The lowest BCUT2D eigenvalue weighted by atomic mass is 10.1. The molecule has 1 aliphatic rings. The average molecular weight is 298 g/mol. The van der Waals surface area contributed by atoms with E-state index in [1.165, 1.54) is 7.11 Å². The first kappa shape index (κ1) is 12.6. The van der Waals surface area contributed by atoms with E-state index in [4.69, 9.17) is 4.74 Å². The Morgan fingerprint density at radius 3 is 2.71 bits per heavy atom. The molecule has 17 heavy (non-hydrogen) atoms. The van der Waals surface area contributed by atoms with E-state index in [-0.39, 0.29) is 12.0 Å². The second kappa shape index (κ2) is 5.65. The van der Waals surface area contributed by atoms with Crippen LogP contribution >= 0.6 is 15.9 Å². The van der Waals surface area contributed by atoms with Crippen LogP contribution in [0.5, 0.6) is 0 Å². The molecule has 0 bridgehead atoms. The predicted octanol–water partition coefficient (Wildman–Crippen LogP) is 2.76. The Morgan fingerprint density at radius 1 is 1.41 bits per heavy atom. The molecular weight excluding hydrogens is 282 g/mol. The normalized spacial score (nSPS) is 18.0. The van der Waals surface area contributed by atoms with Gasteiger partial charge in [0.1, 0.15) is 6.04 Å². The quantitative estimate of drug-likeness (QED) is 0.804. The topological polar surface area (TPSA) is 29.5 Å². The summed E-state index contributed by atoms with van der Waals surface area (Å²) in [5.74, 6) is -0.176. The number of halogens is 1. The van der Waals surface area contributed by atoms with Crippen LogP contribution in [0.25, 0.3) is 0 Å². The fourth-order valence-electron chi connectivity index (χ4n) is 2.28. The average Bonchev–Trinajstić information content (AvgIpc) is 2.83. The number of esters is 1. The molecule has 1 saturated heterocycles. The highest BCUT2D eigenvalue weighted by molar-refractivity contribution is 9.10. The second-order valence-corrected chi connectivity index (χ2v) is 5.14. The van der Waals surface area contributed by atoms with E-state index >= 15 is 0 Å². The summed E-state index contributed by atoms with van der Waals surface area (Å²) in [6, 6.07) is 7.61. The molecule has 1 aliphatic heterocycles. The van der Waals surface area contributed by atoms with Crippen molar-refractivity contribution in [3.8, 4) is 0 Å². The first-order chi connectivity index (χ1) is 8.22. The van der Waals surface area contributed by atoms with E-state index in [0.29, 0.717) is 0 Å². The standard InChI is InChI=1S/C13H16BrNO2/c1-17-13(16)12(15-7-2-3-8-15)10-5-4-6-11(14)9-10/h4-6,9,12H,2-3,7-8H2,1H3. The van der Waals surface area contributed by atoms with Crippen molar-refractivity contribution in [3.05, 3.63) is 34.3 Å². The highest BCUT2D eigenvalue weighted by Crippen LogP contribution is 2.27. The Morgan fingerprint density at radius 2 is 2.12 bits per heavy atom.